The maximum Gasteiger partial charge on any atom is 0.255 e. The van der Waals surface area contributed by atoms with Gasteiger partial charge in [-0.2, -0.15) is 0 Å². The molecule has 1 aliphatic carbocycles. The van der Waals surface area contributed by atoms with E-state index in [0.29, 0.717) is 17.7 Å². The summed E-state index contributed by atoms with van der Waals surface area (Å²) in [6, 6.07) is 5.20. The Kier molecular flexibility index (Phi) is 4.10. The number of carbonyl (C=O) groups excluding carboxylic acids is 1. The number of rotatable bonds is 3. The maximum atomic E-state index is 12.3. The molecule has 1 aromatic carbocycles. The number of aromatic hydroxyl groups is 1. The van der Waals surface area contributed by atoms with Crippen molar-refractivity contribution in [2.75, 3.05) is 6.54 Å². The number of phenolic OH excluding ortho intramolecular Hbond substituents is 1. The summed E-state index contributed by atoms with van der Waals surface area (Å²) in [5, 5.41) is 13.0. The van der Waals surface area contributed by atoms with Gasteiger partial charge in [0.2, 0.25) is 0 Å². The number of nitrogens with one attached hydrogen (secondary N) is 1. The predicted octanol–water partition coefficient (Wildman–Crippen LogP) is 2.09. The summed E-state index contributed by atoms with van der Waals surface area (Å²) in [5.74, 6) is -0.170. The van der Waals surface area contributed by atoms with Crippen LogP contribution in [-0.4, -0.2) is 23.1 Å². The van der Waals surface area contributed by atoms with E-state index in [1.54, 1.807) is 25.1 Å². The van der Waals surface area contributed by atoms with E-state index in [2.05, 4.69) is 5.32 Å². The van der Waals surface area contributed by atoms with E-state index >= 15 is 0 Å². The van der Waals surface area contributed by atoms with E-state index < -0.39 is 0 Å². The number of hydrogen-bond donors (Lipinski definition) is 3. The molecular weight excluding hydrogens is 240 g/mol. The molecule has 1 aromatic rings. The van der Waals surface area contributed by atoms with Gasteiger partial charge in [0, 0.05) is 6.54 Å². The quantitative estimate of drug-likeness (QED) is 0.780. The summed E-state index contributed by atoms with van der Waals surface area (Å²) in [7, 11) is 0. The molecule has 0 aromatic heterocycles. The van der Waals surface area contributed by atoms with E-state index in [1.807, 2.05) is 0 Å². The van der Waals surface area contributed by atoms with Gasteiger partial charge in [0.05, 0.1) is 11.1 Å². The summed E-state index contributed by atoms with van der Waals surface area (Å²) < 4.78 is 0. The Morgan fingerprint density at radius 2 is 2.05 bits per heavy atom. The Hall–Kier alpha value is -1.55. The Balaban J connectivity index is 2.17. The molecule has 4 N–H and O–H groups in total. The van der Waals surface area contributed by atoms with E-state index in [4.69, 9.17) is 5.73 Å². The summed E-state index contributed by atoms with van der Waals surface area (Å²) in [5.41, 5.74) is 6.59. The Morgan fingerprint density at radius 1 is 1.37 bits per heavy atom. The molecule has 1 fully saturated rings. The number of amides is 1. The van der Waals surface area contributed by atoms with Crippen molar-refractivity contribution in [2.24, 2.45) is 5.73 Å². The first-order valence-corrected chi connectivity index (χ1v) is 6.89. The second kappa shape index (κ2) is 5.61. The van der Waals surface area contributed by atoms with Gasteiger partial charge in [-0.15, -0.1) is 0 Å². The van der Waals surface area contributed by atoms with Crippen molar-refractivity contribution in [2.45, 2.75) is 44.6 Å². The normalized spacial score (nSPS) is 18.0. The van der Waals surface area contributed by atoms with E-state index in [-0.39, 0.29) is 17.2 Å². The monoisotopic (exact) mass is 262 g/mol. The van der Waals surface area contributed by atoms with Gasteiger partial charge in [-0.1, -0.05) is 31.4 Å². The lowest BCUT2D eigenvalue weighted by Gasteiger charge is -2.37. The van der Waals surface area contributed by atoms with Crippen LogP contribution in [0.1, 0.15) is 48.0 Å². The minimum Gasteiger partial charge on any atom is -0.507 e. The molecule has 4 nitrogen and oxygen atoms in total. The van der Waals surface area contributed by atoms with Gasteiger partial charge in [0.1, 0.15) is 5.75 Å². The van der Waals surface area contributed by atoms with Crippen LogP contribution in [-0.2, 0) is 0 Å². The van der Waals surface area contributed by atoms with Crippen molar-refractivity contribution < 1.29 is 9.90 Å². The maximum absolute atomic E-state index is 12.3. The predicted molar refractivity (Wildman–Crippen MR) is 75.2 cm³/mol. The van der Waals surface area contributed by atoms with Crippen LogP contribution in [0.25, 0.3) is 0 Å². The number of carbonyl (C=O) groups is 1. The summed E-state index contributed by atoms with van der Waals surface area (Å²) in [4.78, 5) is 12.3. The van der Waals surface area contributed by atoms with Gasteiger partial charge in [0.15, 0.2) is 0 Å². The molecule has 0 radical (unpaired) electrons. The largest absolute Gasteiger partial charge is 0.507 e. The average Bonchev–Trinajstić information content (AvgIpc) is 2.42. The van der Waals surface area contributed by atoms with Crippen molar-refractivity contribution in [3.63, 3.8) is 0 Å². The fourth-order valence-electron chi connectivity index (χ4n) is 2.76. The zero-order chi connectivity index (χ0) is 13.9. The molecule has 2 rings (SSSR count). The van der Waals surface area contributed by atoms with Crippen molar-refractivity contribution in [3.05, 3.63) is 29.3 Å². The molecule has 0 atom stereocenters. The number of para-hydroxylation sites is 1. The van der Waals surface area contributed by atoms with Crippen LogP contribution in [0, 0.1) is 6.92 Å². The van der Waals surface area contributed by atoms with Gasteiger partial charge in [-0.3, -0.25) is 4.79 Å². The molecule has 0 unspecified atom stereocenters. The smallest absolute Gasteiger partial charge is 0.255 e. The summed E-state index contributed by atoms with van der Waals surface area (Å²) in [6.07, 6.45) is 5.23. The minimum atomic E-state index is -0.300. The highest BCUT2D eigenvalue weighted by atomic mass is 16.3. The van der Waals surface area contributed by atoms with Crippen LogP contribution in [0.5, 0.6) is 5.75 Å². The van der Waals surface area contributed by atoms with Gasteiger partial charge in [0.25, 0.3) is 5.91 Å². The van der Waals surface area contributed by atoms with Crippen molar-refractivity contribution in [1.82, 2.24) is 5.32 Å². The topological polar surface area (TPSA) is 75.4 Å². The zero-order valence-electron chi connectivity index (χ0n) is 11.4. The third-order valence-electron chi connectivity index (χ3n) is 4.06. The highest BCUT2D eigenvalue weighted by molar-refractivity contribution is 5.97. The van der Waals surface area contributed by atoms with Gasteiger partial charge in [-0.05, 0) is 31.4 Å². The fraction of sp³-hybridized carbons (Fsp3) is 0.533. The van der Waals surface area contributed by atoms with Crippen molar-refractivity contribution in [3.8, 4) is 5.75 Å². The number of aryl methyl sites for hydroxylation is 1. The zero-order valence-corrected chi connectivity index (χ0v) is 11.4. The molecule has 1 aliphatic rings. The number of hydrogen-bond acceptors (Lipinski definition) is 3. The fourth-order valence-corrected chi connectivity index (χ4v) is 2.76. The Bertz CT molecular complexity index is 465. The van der Waals surface area contributed by atoms with Crippen molar-refractivity contribution in [1.29, 1.82) is 0 Å². The lowest BCUT2D eigenvalue weighted by molar-refractivity contribution is 0.0872. The molecule has 19 heavy (non-hydrogen) atoms. The second-order valence-corrected chi connectivity index (χ2v) is 5.47. The minimum absolute atomic E-state index is 0.0583. The summed E-state index contributed by atoms with van der Waals surface area (Å²) >= 11 is 0. The van der Waals surface area contributed by atoms with Crippen LogP contribution in [0.3, 0.4) is 0 Å². The van der Waals surface area contributed by atoms with Gasteiger partial charge >= 0.3 is 0 Å². The Morgan fingerprint density at radius 3 is 2.68 bits per heavy atom. The highest BCUT2D eigenvalue weighted by Crippen LogP contribution is 2.29. The lowest BCUT2D eigenvalue weighted by atomic mass is 9.81. The molecule has 0 saturated heterocycles. The van der Waals surface area contributed by atoms with Crippen molar-refractivity contribution >= 4 is 5.91 Å². The van der Waals surface area contributed by atoms with E-state index in [1.165, 1.54) is 6.42 Å². The van der Waals surface area contributed by atoms with Crippen LogP contribution in [0.2, 0.25) is 0 Å². The SMILES string of the molecule is Cc1cccc(C(=O)NC2(CN)CCCCC2)c1O. The average molecular weight is 262 g/mol. The van der Waals surface area contributed by atoms with Crippen LogP contribution >= 0.6 is 0 Å². The summed E-state index contributed by atoms with van der Waals surface area (Å²) in [6.45, 7) is 2.23. The Labute approximate surface area is 114 Å². The third-order valence-corrected chi connectivity index (χ3v) is 4.06. The van der Waals surface area contributed by atoms with E-state index in [0.717, 1.165) is 25.7 Å². The molecular formula is C15H22N2O2. The number of phenols is 1. The highest BCUT2D eigenvalue weighted by Gasteiger charge is 2.32. The van der Waals surface area contributed by atoms with E-state index in [9.17, 15) is 9.90 Å². The van der Waals surface area contributed by atoms with Gasteiger partial charge in [-0.25, -0.2) is 0 Å². The number of benzene rings is 1. The lowest BCUT2D eigenvalue weighted by Crippen LogP contribution is -2.54. The first-order valence-electron chi connectivity index (χ1n) is 6.89. The first-order chi connectivity index (χ1) is 9.08. The standard InChI is InChI=1S/C15H22N2O2/c1-11-6-5-7-12(13(11)18)14(19)17-15(10-16)8-3-2-4-9-15/h5-7,18H,2-4,8-10,16H2,1H3,(H,17,19). The third kappa shape index (κ3) is 2.89. The van der Waals surface area contributed by atoms with Gasteiger partial charge < -0.3 is 16.2 Å². The molecule has 1 saturated carbocycles. The molecule has 4 heteroatoms. The van der Waals surface area contributed by atoms with Crippen LogP contribution in [0.4, 0.5) is 0 Å². The number of nitrogens with two attached hydrogens (primary N) is 1. The van der Waals surface area contributed by atoms with Crippen LogP contribution in [0.15, 0.2) is 18.2 Å². The molecule has 104 valence electrons. The molecule has 1 amide bonds. The molecule has 0 bridgehead atoms. The molecule has 0 heterocycles. The second-order valence-electron chi connectivity index (χ2n) is 5.47. The molecule has 0 aliphatic heterocycles. The van der Waals surface area contributed by atoms with Crippen LogP contribution < -0.4 is 11.1 Å². The molecule has 0 spiro atoms. The first kappa shape index (κ1) is 13.9.